The maximum atomic E-state index is 11.9. The first kappa shape index (κ1) is 10.7. The van der Waals surface area contributed by atoms with Crippen LogP contribution in [0.15, 0.2) is 6.07 Å². The number of fused-ring (bicyclic) bond motifs is 1. The molecule has 6 nitrogen and oxygen atoms in total. The Morgan fingerprint density at radius 3 is 3.24 bits per heavy atom. The van der Waals surface area contributed by atoms with E-state index in [0.29, 0.717) is 11.6 Å². The van der Waals surface area contributed by atoms with Gasteiger partial charge in [0.1, 0.15) is 5.69 Å². The predicted octanol–water partition coefficient (Wildman–Crippen LogP) is -0.437. The van der Waals surface area contributed by atoms with Crippen LogP contribution >= 0.6 is 0 Å². The van der Waals surface area contributed by atoms with Crippen LogP contribution in [0.3, 0.4) is 0 Å². The van der Waals surface area contributed by atoms with Crippen molar-refractivity contribution in [3.05, 3.63) is 17.5 Å². The molecule has 4 atom stereocenters. The van der Waals surface area contributed by atoms with Gasteiger partial charge in [0, 0.05) is 24.3 Å². The molecule has 2 aliphatic rings. The van der Waals surface area contributed by atoms with Gasteiger partial charge in [-0.3, -0.25) is 9.89 Å². The van der Waals surface area contributed by atoms with E-state index in [-0.39, 0.29) is 24.1 Å². The summed E-state index contributed by atoms with van der Waals surface area (Å²) in [5.41, 5.74) is 7.28. The number of hydrogen-bond acceptors (Lipinski definition) is 4. The van der Waals surface area contributed by atoms with Crippen LogP contribution in [0.1, 0.15) is 22.6 Å². The summed E-state index contributed by atoms with van der Waals surface area (Å²) in [5.74, 6) is 0.213. The van der Waals surface area contributed by atoms with Crippen LogP contribution in [0, 0.1) is 12.8 Å². The molecular weight excluding hydrogens is 220 g/mol. The molecule has 2 heterocycles. The number of amides is 1. The highest BCUT2D eigenvalue weighted by Gasteiger charge is 2.52. The van der Waals surface area contributed by atoms with Gasteiger partial charge in [0.2, 0.25) is 0 Å². The van der Waals surface area contributed by atoms with Gasteiger partial charge in [-0.1, -0.05) is 0 Å². The van der Waals surface area contributed by atoms with Crippen molar-refractivity contribution in [3.8, 4) is 0 Å². The average molecular weight is 236 g/mol. The van der Waals surface area contributed by atoms with Gasteiger partial charge in [-0.2, -0.15) is 5.10 Å². The summed E-state index contributed by atoms with van der Waals surface area (Å²) in [4.78, 5) is 11.9. The minimum atomic E-state index is -0.191. The van der Waals surface area contributed by atoms with Crippen molar-refractivity contribution in [1.82, 2.24) is 15.5 Å². The molecule has 1 aromatic rings. The summed E-state index contributed by atoms with van der Waals surface area (Å²) in [7, 11) is 0. The fourth-order valence-corrected chi connectivity index (χ4v) is 2.69. The van der Waals surface area contributed by atoms with Crippen LogP contribution < -0.4 is 11.1 Å². The van der Waals surface area contributed by atoms with E-state index in [2.05, 4.69) is 15.5 Å². The first-order valence-corrected chi connectivity index (χ1v) is 5.87. The Bertz CT molecular complexity index is 444. The van der Waals surface area contributed by atoms with Gasteiger partial charge in [-0.25, -0.2) is 0 Å². The Hall–Kier alpha value is -1.40. The van der Waals surface area contributed by atoms with E-state index < -0.39 is 0 Å². The van der Waals surface area contributed by atoms with E-state index in [1.54, 1.807) is 6.07 Å². The molecule has 1 aliphatic carbocycles. The Balaban J connectivity index is 1.66. The predicted molar refractivity (Wildman–Crippen MR) is 60.4 cm³/mol. The third-order valence-corrected chi connectivity index (χ3v) is 3.68. The zero-order valence-corrected chi connectivity index (χ0v) is 9.64. The molecule has 0 aromatic carbocycles. The normalized spacial score (nSPS) is 35.2. The van der Waals surface area contributed by atoms with E-state index in [4.69, 9.17) is 10.5 Å². The Kier molecular flexibility index (Phi) is 2.41. The molecule has 1 aromatic heterocycles. The second-order valence-electron chi connectivity index (χ2n) is 4.80. The molecule has 3 rings (SSSR count). The maximum absolute atomic E-state index is 11.9. The van der Waals surface area contributed by atoms with Crippen molar-refractivity contribution >= 4 is 5.91 Å². The molecule has 92 valence electrons. The average Bonchev–Trinajstić information content (AvgIpc) is 2.92. The monoisotopic (exact) mass is 236 g/mol. The molecule has 0 spiro atoms. The number of nitrogens with one attached hydrogen (secondary N) is 2. The molecule has 2 fully saturated rings. The van der Waals surface area contributed by atoms with Gasteiger partial charge in [0.25, 0.3) is 5.91 Å². The highest BCUT2D eigenvalue weighted by molar-refractivity contribution is 5.92. The summed E-state index contributed by atoms with van der Waals surface area (Å²) in [6.45, 7) is 2.60. The molecule has 0 radical (unpaired) electrons. The number of carbonyl (C=O) groups is 1. The number of nitrogens with two attached hydrogens (primary N) is 1. The summed E-state index contributed by atoms with van der Waals surface area (Å²) >= 11 is 0. The quantitative estimate of drug-likeness (QED) is 0.649. The number of H-pyrrole nitrogens is 1. The summed E-state index contributed by atoms with van der Waals surface area (Å²) < 4.78 is 5.55. The van der Waals surface area contributed by atoms with Gasteiger partial charge in [0.05, 0.1) is 12.1 Å². The van der Waals surface area contributed by atoms with Gasteiger partial charge in [0.15, 0.2) is 0 Å². The van der Waals surface area contributed by atoms with Crippen molar-refractivity contribution in [2.24, 2.45) is 11.7 Å². The fraction of sp³-hybridized carbons (Fsp3) is 0.636. The maximum Gasteiger partial charge on any atom is 0.272 e. The van der Waals surface area contributed by atoms with E-state index in [1.807, 2.05) is 6.92 Å². The summed E-state index contributed by atoms with van der Waals surface area (Å²) in [5, 5.41) is 9.56. The summed E-state index contributed by atoms with van der Waals surface area (Å²) in [6, 6.07) is 1.64. The van der Waals surface area contributed by atoms with Crippen LogP contribution in [0.2, 0.25) is 0 Å². The van der Waals surface area contributed by atoms with E-state index in [1.165, 1.54) is 0 Å². The third kappa shape index (κ3) is 1.64. The Morgan fingerprint density at radius 1 is 1.71 bits per heavy atom. The lowest BCUT2D eigenvalue weighted by Crippen LogP contribution is -2.69. The molecular formula is C11H16N4O2. The van der Waals surface area contributed by atoms with Crippen molar-refractivity contribution in [3.63, 3.8) is 0 Å². The van der Waals surface area contributed by atoms with Crippen LogP contribution in [0.5, 0.6) is 0 Å². The smallest absolute Gasteiger partial charge is 0.272 e. The zero-order valence-electron chi connectivity index (χ0n) is 9.64. The minimum absolute atomic E-state index is 0.00601. The van der Waals surface area contributed by atoms with E-state index in [9.17, 15) is 4.79 Å². The lowest BCUT2D eigenvalue weighted by molar-refractivity contribution is -0.0161. The van der Waals surface area contributed by atoms with Gasteiger partial charge in [-0.05, 0) is 19.4 Å². The lowest BCUT2D eigenvalue weighted by Gasteiger charge is -2.45. The molecule has 6 heteroatoms. The topological polar surface area (TPSA) is 93.0 Å². The SMILES string of the molecule is Cc1cc(C(=O)NC2C(N)C3CCOC32)n[nH]1. The van der Waals surface area contributed by atoms with Crippen LogP contribution in [0.4, 0.5) is 0 Å². The highest BCUT2D eigenvalue weighted by Crippen LogP contribution is 2.37. The summed E-state index contributed by atoms with van der Waals surface area (Å²) in [6.07, 6.45) is 1.09. The molecule has 1 aliphatic heterocycles. The van der Waals surface area contributed by atoms with Crippen LogP contribution in [-0.2, 0) is 4.74 Å². The first-order valence-electron chi connectivity index (χ1n) is 5.87. The molecule has 17 heavy (non-hydrogen) atoms. The molecule has 0 bridgehead atoms. The number of nitrogens with zero attached hydrogens (tertiary/aromatic N) is 1. The standard InChI is InChI=1S/C11H16N4O2/c1-5-4-7(15-14-5)11(16)13-9-8(12)6-2-3-17-10(6)9/h4,6,8-10H,2-3,12H2,1H3,(H,13,16)(H,14,15). The Labute approximate surface area is 98.9 Å². The zero-order chi connectivity index (χ0) is 12.0. The third-order valence-electron chi connectivity index (χ3n) is 3.68. The molecule has 4 unspecified atom stereocenters. The van der Waals surface area contributed by atoms with Gasteiger partial charge in [-0.15, -0.1) is 0 Å². The van der Waals surface area contributed by atoms with Gasteiger partial charge < -0.3 is 15.8 Å². The van der Waals surface area contributed by atoms with E-state index >= 15 is 0 Å². The molecule has 4 N–H and O–H groups in total. The number of aromatic nitrogens is 2. The van der Waals surface area contributed by atoms with Crippen molar-refractivity contribution in [2.75, 3.05) is 6.61 Å². The van der Waals surface area contributed by atoms with E-state index in [0.717, 1.165) is 18.7 Å². The number of rotatable bonds is 2. The first-order chi connectivity index (χ1) is 8.16. The Morgan fingerprint density at radius 2 is 2.53 bits per heavy atom. The number of ether oxygens (including phenoxy) is 1. The highest BCUT2D eigenvalue weighted by atomic mass is 16.5. The minimum Gasteiger partial charge on any atom is -0.376 e. The number of carbonyl (C=O) groups excluding carboxylic acids is 1. The van der Waals surface area contributed by atoms with Crippen LogP contribution in [-0.4, -0.2) is 40.9 Å². The molecule has 1 amide bonds. The second kappa shape index (κ2) is 3.82. The van der Waals surface area contributed by atoms with Crippen molar-refractivity contribution in [1.29, 1.82) is 0 Å². The van der Waals surface area contributed by atoms with Crippen molar-refractivity contribution < 1.29 is 9.53 Å². The van der Waals surface area contributed by atoms with Gasteiger partial charge >= 0.3 is 0 Å². The largest absolute Gasteiger partial charge is 0.376 e. The van der Waals surface area contributed by atoms with Crippen LogP contribution in [0.25, 0.3) is 0 Å². The fourth-order valence-electron chi connectivity index (χ4n) is 2.69. The lowest BCUT2D eigenvalue weighted by atomic mass is 9.72. The number of aromatic amines is 1. The molecule has 1 saturated carbocycles. The second-order valence-corrected chi connectivity index (χ2v) is 4.80. The molecule has 1 saturated heterocycles. The number of aryl methyl sites for hydroxylation is 1. The number of hydrogen-bond donors (Lipinski definition) is 3. The van der Waals surface area contributed by atoms with Crippen molar-refractivity contribution in [2.45, 2.75) is 31.5 Å².